The number of hydrogen-bond donors (Lipinski definition) is 1. The number of nitrogens with two attached hydrogens (primary N) is 1. The SMILES string of the molecule is CCn1c(S[C@H](C(N)=O)c2ccc(F)cc2)nnc1-c1ccccc1. The molecule has 3 rings (SSSR count). The first-order chi connectivity index (χ1) is 12.1. The zero-order chi connectivity index (χ0) is 17.8. The van der Waals surface area contributed by atoms with Crippen molar-refractivity contribution >= 4 is 17.7 Å². The van der Waals surface area contributed by atoms with Gasteiger partial charge in [0.15, 0.2) is 11.0 Å². The number of hydrogen-bond acceptors (Lipinski definition) is 4. The predicted molar refractivity (Wildman–Crippen MR) is 95.3 cm³/mol. The monoisotopic (exact) mass is 356 g/mol. The smallest absolute Gasteiger partial charge is 0.235 e. The quantitative estimate of drug-likeness (QED) is 0.687. The highest BCUT2D eigenvalue weighted by Crippen LogP contribution is 2.35. The third-order valence-electron chi connectivity index (χ3n) is 3.72. The lowest BCUT2D eigenvalue weighted by atomic mass is 10.1. The molecular weight excluding hydrogens is 339 g/mol. The fraction of sp³-hybridized carbons (Fsp3) is 0.167. The molecule has 0 unspecified atom stereocenters. The molecule has 2 aromatic carbocycles. The molecule has 0 bridgehead atoms. The topological polar surface area (TPSA) is 73.8 Å². The van der Waals surface area contributed by atoms with Crippen LogP contribution in [0, 0.1) is 5.82 Å². The van der Waals surface area contributed by atoms with Gasteiger partial charge in [-0.2, -0.15) is 0 Å². The van der Waals surface area contributed by atoms with E-state index in [1.807, 2.05) is 41.8 Å². The van der Waals surface area contributed by atoms with Crippen molar-refractivity contribution in [2.45, 2.75) is 23.9 Å². The van der Waals surface area contributed by atoms with Crippen LogP contribution < -0.4 is 5.73 Å². The van der Waals surface area contributed by atoms with Gasteiger partial charge in [0.1, 0.15) is 11.1 Å². The molecular formula is C18H17FN4OS. The van der Waals surface area contributed by atoms with Crippen molar-refractivity contribution in [3.05, 3.63) is 66.0 Å². The minimum atomic E-state index is -0.668. The van der Waals surface area contributed by atoms with Crippen molar-refractivity contribution in [1.82, 2.24) is 14.8 Å². The van der Waals surface area contributed by atoms with E-state index in [9.17, 15) is 9.18 Å². The van der Waals surface area contributed by atoms with Crippen LogP contribution in [0.3, 0.4) is 0 Å². The maximum absolute atomic E-state index is 13.1. The van der Waals surface area contributed by atoms with Gasteiger partial charge in [-0.1, -0.05) is 54.2 Å². The Balaban J connectivity index is 1.94. The first kappa shape index (κ1) is 17.2. The van der Waals surface area contributed by atoms with Gasteiger partial charge in [0.05, 0.1) is 0 Å². The molecule has 1 amide bonds. The predicted octanol–water partition coefficient (Wildman–Crippen LogP) is 3.42. The minimum Gasteiger partial charge on any atom is -0.368 e. The molecule has 2 N–H and O–H groups in total. The number of benzene rings is 2. The van der Waals surface area contributed by atoms with Crippen molar-refractivity contribution < 1.29 is 9.18 Å². The second kappa shape index (κ2) is 7.48. The molecule has 7 heteroatoms. The number of halogens is 1. The van der Waals surface area contributed by atoms with Gasteiger partial charge in [0, 0.05) is 12.1 Å². The van der Waals surface area contributed by atoms with E-state index in [0.29, 0.717) is 17.3 Å². The fourth-order valence-electron chi connectivity index (χ4n) is 2.50. The van der Waals surface area contributed by atoms with Crippen molar-refractivity contribution in [2.75, 3.05) is 0 Å². The van der Waals surface area contributed by atoms with E-state index in [2.05, 4.69) is 10.2 Å². The number of carbonyl (C=O) groups is 1. The summed E-state index contributed by atoms with van der Waals surface area (Å²) in [5, 5.41) is 8.40. The van der Waals surface area contributed by atoms with E-state index >= 15 is 0 Å². The Morgan fingerprint density at radius 2 is 1.84 bits per heavy atom. The van der Waals surface area contributed by atoms with Crippen LogP contribution in [0.2, 0.25) is 0 Å². The summed E-state index contributed by atoms with van der Waals surface area (Å²) in [4.78, 5) is 11.9. The number of rotatable bonds is 6. The van der Waals surface area contributed by atoms with E-state index in [1.54, 1.807) is 12.1 Å². The van der Waals surface area contributed by atoms with Crippen LogP contribution in [0.1, 0.15) is 17.7 Å². The lowest BCUT2D eigenvalue weighted by Gasteiger charge is -2.14. The third kappa shape index (κ3) is 3.71. The van der Waals surface area contributed by atoms with E-state index in [1.165, 1.54) is 23.9 Å². The zero-order valence-electron chi connectivity index (χ0n) is 13.6. The lowest BCUT2D eigenvalue weighted by Crippen LogP contribution is -2.19. The molecule has 1 aromatic heterocycles. The van der Waals surface area contributed by atoms with Crippen LogP contribution in [0.4, 0.5) is 4.39 Å². The van der Waals surface area contributed by atoms with Crippen LogP contribution in [0.5, 0.6) is 0 Å². The molecule has 1 heterocycles. The summed E-state index contributed by atoms with van der Waals surface area (Å²) >= 11 is 1.21. The van der Waals surface area contributed by atoms with Gasteiger partial charge in [-0.05, 0) is 24.6 Å². The lowest BCUT2D eigenvalue weighted by molar-refractivity contribution is -0.117. The molecule has 0 aliphatic carbocycles. The van der Waals surface area contributed by atoms with Gasteiger partial charge in [-0.15, -0.1) is 10.2 Å². The molecule has 128 valence electrons. The summed E-state index contributed by atoms with van der Waals surface area (Å²) in [6.45, 7) is 2.63. The second-order valence-electron chi connectivity index (χ2n) is 5.37. The van der Waals surface area contributed by atoms with Gasteiger partial charge in [-0.3, -0.25) is 4.79 Å². The van der Waals surface area contributed by atoms with E-state index in [0.717, 1.165) is 11.4 Å². The fourth-order valence-corrected chi connectivity index (χ4v) is 3.55. The van der Waals surface area contributed by atoms with Gasteiger partial charge < -0.3 is 10.3 Å². The summed E-state index contributed by atoms with van der Waals surface area (Å²) < 4.78 is 15.1. The van der Waals surface area contributed by atoms with Gasteiger partial charge in [0.25, 0.3) is 0 Å². The Morgan fingerprint density at radius 3 is 2.44 bits per heavy atom. The number of nitrogens with zero attached hydrogens (tertiary/aromatic N) is 3. The molecule has 3 aromatic rings. The number of thioether (sulfide) groups is 1. The van der Waals surface area contributed by atoms with E-state index in [-0.39, 0.29) is 5.82 Å². The maximum Gasteiger partial charge on any atom is 0.235 e. The van der Waals surface area contributed by atoms with Gasteiger partial charge in [0.2, 0.25) is 5.91 Å². The molecule has 0 aliphatic rings. The van der Waals surface area contributed by atoms with Crippen molar-refractivity contribution in [1.29, 1.82) is 0 Å². The molecule has 1 atom stereocenters. The normalized spacial score (nSPS) is 12.1. The summed E-state index contributed by atoms with van der Waals surface area (Å²) in [7, 11) is 0. The third-order valence-corrected chi connectivity index (χ3v) is 4.97. The summed E-state index contributed by atoms with van der Waals surface area (Å²) in [5.74, 6) is -0.142. The minimum absolute atomic E-state index is 0.361. The van der Waals surface area contributed by atoms with Crippen molar-refractivity contribution in [3.63, 3.8) is 0 Å². The first-order valence-corrected chi connectivity index (χ1v) is 8.68. The largest absolute Gasteiger partial charge is 0.368 e. The van der Waals surface area contributed by atoms with Crippen LogP contribution in [-0.4, -0.2) is 20.7 Å². The Bertz CT molecular complexity index is 865. The van der Waals surface area contributed by atoms with Crippen molar-refractivity contribution in [3.8, 4) is 11.4 Å². The molecule has 0 saturated heterocycles. The zero-order valence-corrected chi connectivity index (χ0v) is 14.4. The average molecular weight is 356 g/mol. The van der Waals surface area contributed by atoms with Crippen LogP contribution in [0.15, 0.2) is 59.8 Å². The number of amides is 1. The van der Waals surface area contributed by atoms with Crippen LogP contribution >= 0.6 is 11.8 Å². The standard InChI is InChI=1S/C18H17FN4OS/c1-2-23-17(13-6-4-3-5-7-13)21-22-18(23)25-15(16(20)24)12-8-10-14(19)11-9-12/h3-11,15H,2H2,1H3,(H2,20,24)/t15-/m0/s1. The Labute approximate surface area is 149 Å². The molecule has 0 fully saturated rings. The number of primary amides is 1. The molecule has 0 saturated carbocycles. The summed E-state index contributed by atoms with van der Waals surface area (Å²) in [6, 6.07) is 15.4. The molecule has 0 aliphatic heterocycles. The Hall–Kier alpha value is -2.67. The van der Waals surface area contributed by atoms with E-state index in [4.69, 9.17) is 5.73 Å². The van der Waals surface area contributed by atoms with E-state index < -0.39 is 11.2 Å². The Morgan fingerprint density at radius 1 is 1.16 bits per heavy atom. The average Bonchev–Trinajstić information content (AvgIpc) is 3.04. The number of aromatic nitrogens is 3. The summed E-state index contributed by atoms with van der Waals surface area (Å²) in [6.07, 6.45) is 0. The van der Waals surface area contributed by atoms with Crippen molar-refractivity contribution in [2.24, 2.45) is 5.73 Å². The van der Waals surface area contributed by atoms with Crippen LogP contribution in [0.25, 0.3) is 11.4 Å². The highest BCUT2D eigenvalue weighted by molar-refractivity contribution is 8.00. The molecule has 0 radical (unpaired) electrons. The maximum atomic E-state index is 13.1. The Kier molecular flexibility index (Phi) is 5.14. The molecule has 25 heavy (non-hydrogen) atoms. The highest BCUT2D eigenvalue weighted by atomic mass is 32.2. The van der Waals surface area contributed by atoms with Crippen LogP contribution in [-0.2, 0) is 11.3 Å². The molecule has 5 nitrogen and oxygen atoms in total. The summed E-state index contributed by atoms with van der Waals surface area (Å²) in [5.41, 5.74) is 7.13. The highest BCUT2D eigenvalue weighted by Gasteiger charge is 2.23. The van der Waals surface area contributed by atoms with Gasteiger partial charge >= 0.3 is 0 Å². The second-order valence-corrected chi connectivity index (χ2v) is 6.44. The number of carbonyl (C=O) groups excluding carboxylic acids is 1. The first-order valence-electron chi connectivity index (χ1n) is 7.80. The molecule has 0 spiro atoms. The van der Waals surface area contributed by atoms with Gasteiger partial charge in [-0.25, -0.2) is 4.39 Å².